The number of carbonyl (C=O) groups is 1. The largest absolute Gasteiger partial charge is 0.493 e. The highest BCUT2D eigenvalue weighted by Gasteiger charge is 2.28. The van der Waals surface area contributed by atoms with Crippen molar-refractivity contribution in [2.24, 2.45) is 0 Å². The summed E-state index contributed by atoms with van der Waals surface area (Å²) in [6, 6.07) is 6.89. The van der Waals surface area contributed by atoms with E-state index in [-0.39, 0.29) is 17.4 Å². The maximum atomic E-state index is 12.9. The van der Waals surface area contributed by atoms with Gasteiger partial charge in [-0.25, -0.2) is 4.79 Å². The van der Waals surface area contributed by atoms with Crippen molar-refractivity contribution >= 4 is 16.9 Å². The van der Waals surface area contributed by atoms with Crippen molar-refractivity contribution in [1.29, 1.82) is 0 Å². The van der Waals surface area contributed by atoms with Gasteiger partial charge in [-0.05, 0) is 37.5 Å². The summed E-state index contributed by atoms with van der Waals surface area (Å²) in [5.41, 5.74) is -0.175. The molecule has 3 heterocycles. The molecule has 1 amide bonds. The van der Waals surface area contributed by atoms with Crippen molar-refractivity contribution in [3.63, 3.8) is 0 Å². The van der Waals surface area contributed by atoms with E-state index >= 15 is 0 Å². The number of rotatable bonds is 5. The van der Waals surface area contributed by atoms with Crippen LogP contribution in [0.2, 0.25) is 0 Å². The summed E-state index contributed by atoms with van der Waals surface area (Å²) in [5, 5.41) is 4.67. The first kappa shape index (κ1) is 19.2. The number of hydrogen-bond acceptors (Lipinski definition) is 7. The fraction of sp³-hybridized carbons (Fsp3) is 0.429. The summed E-state index contributed by atoms with van der Waals surface area (Å²) >= 11 is 0. The third-order valence-corrected chi connectivity index (χ3v) is 5.10. The number of fused-ring (bicyclic) bond motifs is 1. The Morgan fingerprint density at radius 1 is 1.28 bits per heavy atom. The third kappa shape index (κ3) is 4.01. The Balaban J connectivity index is 1.49. The van der Waals surface area contributed by atoms with Gasteiger partial charge in [0, 0.05) is 37.4 Å². The molecule has 0 atom stereocenters. The molecule has 0 N–H and O–H groups in total. The fourth-order valence-electron chi connectivity index (χ4n) is 3.54. The Hall–Kier alpha value is -3.16. The normalized spacial score (nSPS) is 15.0. The number of hydrogen-bond donors (Lipinski definition) is 0. The molecule has 0 radical (unpaired) electrons. The maximum Gasteiger partial charge on any atom is 0.349 e. The molecule has 4 rings (SSSR count). The predicted octanol–water partition coefficient (Wildman–Crippen LogP) is 3.29. The summed E-state index contributed by atoms with van der Waals surface area (Å²) in [6.45, 7) is 5.42. The molecule has 29 heavy (non-hydrogen) atoms. The fourth-order valence-corrected chi connectivity index (χ4v) is 3.54. The van der Waals surface area contributed by atoms with E-state index in [1.807, 2.05) is 13.0 Å². The number of nitrogens with zero attached hydrogens (tertiary/aromatic N) is 3. The summed E-state index contributed by atoms with van der Waals surface area (Å²) < 4.78 is 16.0. The number of carbonyl (C=O) groups excluding carboxylic acids is 1. The van der Waals surface area contributed by atoms with Crippen molar-refractivity contribution in [1.82, 2.24) is 15.0 Å². The van der Waals surface area contributed by atoms with E-state index in [1.54, 1.807) is 30.0 Å². The van der Waals surface area contributed by atoms with Gasteiger partial charge in [0.05, 0.1) is 6.61 Å². The lowest BCUT2D eigenvalue weighted by atomic mass is 9.95. The molecule has 0 spiro atoms. The van der Waals surface area contributed by atoms with Crippen molar-refractivity contribution in [3.8, 4) is 5.75 Å². The number of aromatic nitrogens is 2. The first-order valence-electron chi connectivity index (χ1n) is 9.85. The topological polar surface area (TPSA) is 98.7 Å². The highest BCUT2D eigenvalue weighted by atomic mass is 16.5. The van der Waals surface area contributed by atoms with Crippen molar-refractivity contribution < 1.29 is 18.5 Å². The minimum Gasteiger partial charge on any atom is -0.493 e. The van der Waals surface area contributed by atoms with Gasteiger partial charge >= 0.3 is 5.63 Å². The molecule has 1 saturated heterocycles. The number of ether oxygens (including phenoxy) is 1. The van der Waals surface area contributed by atoms with Crippen LogP contribution >= 0.6 is 0 Å². The Morgan fingerprint density at radius 3 is 2.76 bits per heavy atom. The molecule has 1 aliphatic rings. The second-order valence-electron chi connectivity index (χ2n) is 7.23. The molecule has 1 fully saturated rings. The van der Waals surface area contributed by atoms with E-state index in [2.05, 4.69) is 10.1 Å². The van der Waals surface area contributed by atoms with Gasteiger partial charge in [-0.1, -0.05) is 12.1 Å². The Morgan fingerprint density at radius 2 is 2.07 bits per heavy atom. The molecule has 2 aromatic heterocycles. The second kappa shape index (κ2) is 8.06. The van der Waals surface area contributed by atoms with Gasteiger partial charge in [-0.15, -0.1) is 0 Å². The van der Waals surface area contributed by atoms with Gasteiger partial charge in [0.2, 0.25) is 5.89 Å². The number of aryl methyl sites for hydroxylation is 1. The van der Waals surface area contributed by atoms with Crippen molar-refractivity contribution in [2.45, 2.75) is 39.0 Å². The summed E-state index contributed by atoms with van der Waals surface area (Å²) in [6.07, 6.45) is 2.34. The molecule has 0 aliphatic carbocycles. The van der Waals surface area contributed by atoms with E-state index in [4.69, 9.17) is 13.7 Å². The summed E-state index contributed by atoms with van der Waals surface area (Å²) in [4.78, 5) is 31.3. The van der Waals surface area contributed by atoms with Crippen LogP contribution in [0.1, 0.15) is 54.2 Å². The smallest absolute Gasteiger partial charge is 0.349 e. The zero-order valence-corrected chi connectivity index (χ0v) is 16.5. The first-order valence-corrected chi connectivity index (χ1v) is 9.85. The zero-order chi connectivity index (χ0) is 20.4. The zero-order valence-electron chi connectivity index (χ0n) is 16.5. The van der Waals surface area contributed by atoms with E-state index in [0.717, 1.165) is 19.3 Å². The molecule has 8 heteroatoms. The molecule has 0 bridgehead atoms. The van der Waals surface area contributed by atoms with Crippen molar-refractivity contribution in [2.75, 3.05) is 19.7 Å². The molecule has 3 aromatic rings. The van der Waals surface area contributed by atoms with E-state index in [9.17, 15) is 9.59 Å². The quantitative estimate of drug-likeness (QED) is 0.609. The van der Waals surface area contributed by atoms with Crippen molar-refractivity contribution in [3.05, 3.63) is 52.0 Å². The van der Waals surface area contributed by atoms with Crippen LogP contribution in [0.4, 0.5) is 0 Å². The van der Waals surface area contributed by atoms with Gasteiger partial charge in [-0.3, -0.25) is 4.79 Å². The first-order chi connectivity index (χ1) is 14.0. The van der Waals surface area contributed by atoms with Crippen LogP contribution in [0.25, 0.3) is 11.0 Å². The molecule has 0 saturated carbocycles. The number of benzene rings is 1. The van der Waals surface area contributed by atoms with Gasteiger partial charge in [0.15, 0.2) is 5.82 Å². The standard InChI is InChI=1S/C21H23N3O5/c1-3-10-27-16-5-4-15-11-17(21(26)28-18(15)12-16)20(25)24-8-6-14(7-9-24)19-22-13(2)29-23-19/h4-5,11-12,14H,3,6-10H2,1-2H3. The van der Waals surface area contributed by atoms with E-state index in [1.165, 1.54) is 0 Å². The van der Waals surface area contributed by atoms with Crippen LogP contribution in [-0.4, -0.2) is 40.6 Å². The van der Waals surface area contributed by atoms with Gasteiger partial charge in [0.1, 0.15) is 16.9 Å². The Bertz CT molecular complexity index is 1080. The monoisotopic (exact) mass is 397 g/mol. The summed E-state index contributed by atoms with van der Waals surface area (Å²) in [7, 11) is 0. The number of likely N-dealkylation sites (tertiary alicyclic amines) is 1. The van der Waals surface area contributed by atoms with Crippen LogP contribution < -0.4 is 10.4 Å². The van der Waals surface area contributed by atoms with Gasteiger partial charge in [-0.2, -0.15) is 4.98 Å². The van der Waals surface area contributed by atoms with Gasteiger partial charge < -0.3 is 18.6 Å². The van der Waals surface area contributed by atoms with Crippen LogP contribution in [0.5, 0.6) is 5.75 Å². The molecular formula is C21H23N3O5. The molecule has 8 nitrogen and oxygen atoms in total. The number of amides is 1. The molecule has 1 aliphatic heterocycles. The SMILES string of the molecule is CCCOc1ccc2cc(C(=O)N3CCC(c4noc(C)n4)CC3)c(=O)oc2c1. The van der Waals surface area contributed by atoms with Gasteiger partial charge in [0.25, 0.3) is 5.91 Å². The maximum absolute atomic E-state index is 12.9. The average Bonchev–Trinajstić information content (AvgIpc) is 3.17. The lowest BCUT2D eigenvalue weighted by Gasteiger charge is -2.30. The summed E-state index contributed by atoms with van der Waals surface area (Å²) in [5.74, 6) is 1.71. The second-order valence-corrected chi connectivity index (χ2v) is 7.23. The number of piperidine rings is 1. The highest BCUT2D eigenvalue weighted by molar-refractivity contribution is 5.96. The third-order valence-electron chi connectivity index (χ3n) is 5.10. The Labute approximate surface area is 167 Å². The van der Waals surface area contributed by atoms with Crippen LogP contribution in [-0.2, 0) is 0 Å². The highest BCUT2D eigenvalue weighted by Crippen LogP contribution is 2.27. The lowest BCUT2D eigenvalue weighted by molar-refractivity contribution is 0.0706. The molecule has 152 valence electrons. The minimum absolute atomic E-state index is 0.0496. The lowest BCUT2D eigenvalue weighted by Crippen LogP contribution is -2.39. The van der Waals surface area contributed by atoms with Crippen LogP contribution in [0, 0.1) is 6.92 Å². The molecule has 0 unspecified atom stereocenters. The van der Waals surface area contributed by atoms with Crippen LogP contribution in [0.15, 0.2) is 38.0 Å². The van der Waals surface area contributed by atoms with E-state index < -0.39 is 5.63 Å². The minimum atomic E-state index is -0.633. The molecule has 1 aromatic carbocycles. The molecular weight excluding hydrogens is 374 g/mol. The Kier molecular flexibility index (Phi) is 5.33. The average molecular weight is 397 g/mol. The van der Waals surface area contributed by atoms with Crippen LogP contribution in [0.3, 0.4) is 0 Å². The van der Waals surface area contributed by atoms with E-state index in [0.29, 0.717) is 48.1 Å². The predicted molar refractivity (Wildman–Crippen MR) is 105 cm³/mol.